The van der Waals surface area contributed by atoms with Crippen LogP contribution in [0.3, 0.4) is 0 Å². The molecule has 3 aromatic carbocycles. The molecule has 2 aromatic heterocycles. The number of anilines is 2. The Labute approximate surface area is 208 Å². The fourth-order valence-electron chi connectivity index (χ4n) is 4.65. The van der Waals surface area contributed by atoms with Crippen molar-refractivity contribution in [2.45, 2.75) is 13.5 Å². The van der Waals surface area contributed by atoms with E-state index in [1.54, 1.807) is 6.08 Å². The van der Waals surface area contributed by atoms with Crippen molar-refractivity contribution in [2.24, 2.45) is 0 Å². The number of furan rings is 1. The summed E-state index contributed by atoms with van der Waals surface area (Å²) in [5, 5.41) is 2.86. The summed E-state index contributed by atoms with van der Waals surface area (Å²) in [5.41, 5.74) is 4.70. The molecule has 1 fully saturated rings. The van der Waals surface area contributed by atoms with Crippen molar-refractivity contribution in [3.63, 3.8) is 0 Å². The van der Waals surface area contributed by atoms with Gasteiger partial charge in [-0.05, 0) is 37.3 Å². The Bertz CT molecular complexity index is 1540. The van der Waals surface area contributed by atoms with E-state index >= 15 is 0 Å². The van der Waals surface area contributed by atoms with Crippen molar-refractivity contribution in [1.29, 1.82) is 0 Å². The van der Waals surface area contributed by atoms with Crippen LogP contribution in [0, 0.1) is 0 Å². The predicted octanol–water partition coefficient (Wildman–Crippen LogP) is 6.30. The molecule has 0 N–H and O–H groups in total. The third-order valence-electron chi connectivity index (χ3n) is 6.34. The lowest BCUT2D eigenvalue weighted by Gasteiger charge is -2.27. The number of aromatic nitrogens is 1. The van der Waals surface area contributed by atoms with Gasteiger partial charge in [0.15, 0.2) is 5.58 Å². The minimum Gasteiger partial charge on any atom is -0.454 e. The Kier molecular flexibility index (Phi) is 5.26. The summed E-state index contributed by atoms with van der Waals surface area (Å²) < 4.78 is 8.19. The maximum Gasteiger partial charge on any atom is 0.283 e. The van der Waals surface area contributed by atoms with Crippen LogP contribution in [0.25, 0.3) is 28.5 Å². The zero-order valence-corrected chi connectivity index (χ0v) is 19.7. The molecule has 176 valence electrons. The van der Waals surface area contributed by atoms with Gasteiger partial charge in [-0.3, -0.25) is 9.59 Å². The Morgan fingerprint density at radius 1 is 0.722 bits per heavy atom. The van der Waals surface area contributed by atoms with Crippen molar-refractivity contribution >= 4 is 40.4 Å². The lowest BCUT2D eigenvalue weighted by Crippen LogP contribution is -2.41. The molecule has 0 aliphatic carbocycles. The molecule has 1 saturated heterocycles. The van der Waals surface area contributed by atoms with Crippen LogP contribution in [0.2, 0.25) is 0 Å². The monoisotopic (exact) mass is 473 g/mol. The van der Waals surface area contributed by atoms with Gasteiger partial charge in [0.25, 0.3) is 11.8 Å². The zero-order chi connectivity index (χ0) is 24.6. The second-order valence-electron chi connectivity index (χ2n) is 8.50. The smallest absolute Gasteiger partial charge is 0.283 e. The molecular formula is C30H23N3O3. The molecule has 0 radical (unpaired) electrons. The predicted molar refractivity (Wildman–Crippen MR) is 141 cm³/mol. The van der Waals surface area contributed by atoms with Crippen molar-refractivity contribution in [2.75, 3.05) is 10.0 Å². The highest BCUT2D eigenvalue weighted by Crippen LogP contribution is 2.34. The van der Waals surface area contributed by atoms with E-state index in [0.29, 0.717) is 23.5 Å². The molecule has 0 spiro atoms. The molecule has 5 aromatic rings. The van der Waals surface area contributed by atoms with Crippen LogP contribution in [0.1, 0.15) is 12.6 Å². The highest BCUT2D eigenvalue weighted by molar-refractivity contribution is 6.38. The second-order valence-corrected chi connectivity index (χ2v) is 8.50. The molecule has 1 aliphatic heterocycles. The lowest BCUT2D eigenvalue weighted by molar-refractivity contribution is -0.116. The average Bonchev–Trinajstić information content (AvgIpc) is 3.55. The van der Waals surface area contributed by atoms with Crippen LogP contribution in [0.5, 0.6) is 0 Å². The number of nitrogens with zero attached hydrogens (tertiary/aromatic N) is 3. The zero-order valence-electron chi connectivity index (χ0n) is 19.7. The van der Waals surface area contributed by atoms with Gasteiger partial charge in [-0.1, -0.05) is 66.7 Å². The number of benzene rings is 3. The van der Waals surface area contributed by atoms with Gasteiger partial charge in [-0.25, -0.2) is 10.0 Å². The number of hydrogen-bond acceptors (Lipinski definition) is 3. The highest BCUT2D eigenvalue weighted by atomic mass is 16.3. The number of aryl methyl sites for hydroxylation is 1. The van der Waals surface area contributed by atoms with Gasteiger partial charge in [0.1, 0.15) is 11.3 Å². The van der Waals surface area contributed by atoms with Crippen LogP contribution in [0.4, 0.5) is 11.4 Å². The summed E-state index contributed by atoms with van der Waals surface area (Å²) in [4.78, 5) is 27.3. The number of rotatable bonds is 5. The van der Waals surface area contributed by atoms with E-state index in [2.05, 4.69) is 4.57 Å². The van der Waals surface area contributed by atoms with E-state index in [9.17, 15) is 9.59 Å². The Hall–Kier alpha value is -4.84. The van der Waals surface area contributed by atoms with Crippen LogP contribution in [-0.2, 0) is 16.1 Å². The first-order valence-electron chi connectivity index (χ1n) is 11.8. The van der Waals surface area contributed by atoms with Crippen LogP contribution >= 0.6 is 0 Å². The molecule has 1 aliphatic rings. The van der Waals surface area contributed by atoms with Gasteiger partial charge in [0.2, 0.25) is 0 Å². The number of carbonyl (C=O) groups excluding carboxylic acids is 2. The normalized spacial score (nSPS) is 13.8. The lowest BCUT2D eigenvalue weighted by atomic mass is 10.2. The minimum absolute atomic E-state index is 0.0980. The standard InChI is InChI=1S/C30H23N3O3/c1-2-31-24(19-28-26(31)20-27(36-28)21-12-6-3-7-13-21)18-25-29(34)32(22-14-8-4-9-15-22)33(30(25)35)23-16-10-5-11-17-23/h3-20H,2H2,1H3. The fraction of sp³-hybridized carbons (Fsp3) is 0.0667. The van der Waals surface area contributed by atoms with E-state index in [0.717, 1.165) is 22.5 Å². The molecule has 6 heteroatoms. The Morgan fingerprint density at radius 2 is 1.25 bits per heavy atom. The number of hydrogen-bond donors (Lipinski definition) is 0. The SMILES string of the molecule is CCn1c(C=C2C(=O)N(c3ccccc3)N(c3ccccc3)C2=O)cc2oc(-c3ccccc3)cc21. The summed E-state index contributed by atoms with van der Waals surface area (Å²) in [6.45, 7) is 2.69. The number of para-hydroxylation sites is 2. The largest absolute Gasteiger partial charge is 0.454 e. The van der Waals surface area contributed by atoms with Crippen molar-refractivity contribution in [3.05, 3.63) is 114 Å². The summed E-state index contributed by atoms with van der Waals surface area (Å²) in [5.74, 6) is 0.0292. The van der Waals surface area contributed by atoms with Crippen LogP contribution in [-0.4, -0.2) is 16.4 Å². The fourth-order valence-corrected chi connectivity index (χ4v) is 4.65. The van der Waals surface area contributed by atoms with Gasteiger partial charge in [0, 0.05) is 29.9 Å². The van der Waals surface area contributed by atoms with Crippen molar-refractivity contribution < 1.29 is 14.0 Å². The molecule has 2 amide bonds. The minimum atomic E-state index is -0.375. The van der Waals surface area contributed by atoms with E-state index in [1.165, 1.54) is 10.0 Å². The number of carbonyl (C=O) groups is 2. The van der Waals surface area contributed by atoms with Gasteiger partial charge in [0.05, 0.1) is 16.9 Å². The average molecular weight is 474 g/mol. The third kappa shape index (κ3) is 3.51. The van der Waals surface area contributed by atoms with Crippen LogP contribution in [0.15, 0.2) is 113 Å². The summed E-state index contributed by atoms with van der Waals surface area (Å²) >= 11 is 0. The molecule has 36 heavy (non-hydrogen) atoms. The first-order chi connectivity index (χ1) is 17.7. The second kappa shape index (κ2) is 8.74. The molecule has 0 bridgehead atoms. The number of hydrazine groups is 1. The Balaban J connectivity index is 1.45. The molecule has 0 atom stereocenters. The summed E-state index contributed by atoms with van der Waals surface area (Å²) in [6, 6.07) is 32.2. The van der Waals surface area contributed by atoms with Gasteiger partial charge in [-0.15, -0.1) is 0 Å². The molecule has 6 nitrogen and oxygen atoms in total. The molecule has 3 heterocycles. The topological polar surface area (TPSA) is 58.7 Å². The van der Waals surface area contributed by atoms with Gasteiger partial charge < -0.3 is 8.98 Å². The summed E-state index contributed by atoms with van der Waals surface area (Å²) in [7, 11) is 0. The number of amides is 2. The quantitative estimate of drug-likeness (QED) is 0.222. The molecular weight excluding hydrogens is 450 g/mol. The van der Waals surface area contributed by atoms with Gasteiger partial charge >= 0.3 is 0 Å². The van der Waals surface area contributed by atoms with E-state index in [4.69, 9.17) is 4.42 Å². The molecule has 6 rings (SSSR count). The first-order valence-corrected chi connectivity index (χ1v) is 11.8. The van der Waals surface area contributed by atoms with E-state index in [-0.39, 0.29) is 17.4 Å². The maximum atomic E-state index is 13.7. The van der Waals surface area contributed by atoms with Crippen molar-refractivity contribution in [3.8, 4) is 11.3 Å². The first kappa shape index (κ1) is 21.7. The van der Waals surface area contributed by atoms with Gasteiger partial charge in [-0.2, -0.15) is 0 Å². The Morgan fingerprint density at radius 3 is 1.78 bits per heavy atom. The van der Waals surface area contributed by atoms with Crippen molar-refractivity contribution in [1.82, 2.24) is 4.57 Å². The maximum absolute atomic E-state index is 13.7. The van der Waals surface area contributed by atoms with E-state index in [1.807, 2.05) is 110 Å². The highest BCUT2D eigenvalue weighted by Gasteiger charge is 2.43. The molecule has 0 saturated carbocycles. The van der Waals surface area contributed by atoms with Crippen LogP contribution < -0.4 is 10.0 Å². The van der Waals surface area contributed by atoms with E-state index < -0.39 is 0 Å². The molecule has 0 unspecified atom stereocenters. The summed E-state index contributed by atoms with van der Waals surface area (Å²) in [6.07, 6.45) is 1.67. The third-order valence-corrected chi connectivity index (χ3v) is 6.34. The number of fused-ring (bicyclic) bond motifs is 1.